The largest absolute Gasteiger partial charge is 0.303 e. The number of hydrogen-bond acceptors (Lipinski definition) is 3. The molecule has 0 fully saturated rings. The van der Waals surface area contributed by atoms with Gasteiger partial charge in [0.15, 0.2) is 11.9 Å². The molecule has 2 N–H and O–H groups in total. The van der Waals surface area contributed by atoms with Crippen LogP contribution in [0.5, 0.6) is 0 Å². The Morgan fingerprint density at radius 3 is 2.60 bits per heavy atom. The number of carbonyl (C=O) groups is 1. The Labute approximate surface area is 116 Å². The summed E-state index contributed by atoms with van der Waals surface area (Å²) in [5.74, 6) is -0.670. The Kier molecular flexibility index (Phi) is 3.16. The fourth-order valence-corrected chi connectivity index (χ4v) is 2.35. The van der Waals surface area contributed by atoms with Crippen LogP contribution in [0.15, 0.2) is 53.5 Å². The van der Waals surface area contributed by atoms with E-state index in [2.05, 4.69) is 4.99 Å². The van der Waals surface area contributed by atoms with E-state index < -0.39 is 12.0 Å². The maximum atomic E-state index is 14.0. The highest BCUT2D eigenvalue weighted by molar-refractivity contribution is 6.16. The van der Waals surface area contributed by atoms with Crippen molar-refractivity contribution in [2.75, 3.05) is 0 Å². The minimum absolute atomic E-state index is 0.0248. The molecule has 1 unspecified atom stereocenters. The third kappa shape index (κ3) is 2.14. The third-order valence-corrected chi connectivity index (χ3v) is 3.37. The molecule has 0 bridgehead atoms. The predicted molar refractivity (Wildman–Crippen MR) is 75.2 cm³/mol. The van der Waals surface area contributed by atoms with Gasteiger partial charge >= 0.3 is 0 Å². The number of halogens is 1. The summed E-state index contributed by atoms with van der Waals surface area (Å²) in [6.07, 6.45) is -0.972. The minimum atomic E-state index is -0.947. The Bertz CT molecular complexity index is 695. The van der Waals surface area contributed by atoms with Crippen LogP contribution in [0.2, 0.25) is 0 Å². The zero-order chi connectivity index (χ0) is 14.1. The summed E-state index contributed by atoms with van der Waals surface area (Å²) in [5.41, 5.74) is 8.17. The van der Waals surface area contributed by atoms with Gasteiger partial charge in [-0.25, -0.2) is 4.39 Å². The van der Waals surface area contributed by atoms with Gasteiger partial charge in [0.1, 0.15) is 5.82 Å². The van der Waals surface area contributed by atoms with Crippen molar-refractivity contribution in [2.24, 2.45) is 10.7 Å². The van der Waals surface area contributed by atoms with Gasteiger partial charge in [-0.05, 0) is 6.07 Å². The number of fused-ring (bicyclic) bond motifs is 1. The van der Waals surface area contributed by atoms with E-state index in [1.165, 1.54) is 6.07 Å². The highest BCUT2D eigenvalue weighted by Gasteiger charge is 2.25. The van der Waals surface area contributed by atoms with Gasteiger partial charge in [-0.2, -0.15) is 0 Å². The van der Waals surface area contributed by atoms with Crippen molar-refractivity contribution in [3.8, 4) is 0 Å². The van der Waals surface area contributed by atoms with Crippen LogP contribution in [0, 0.1) is 5.82 Å². The quantitative estimate of drug-likeness (QED) is 0.860. The molecule has 2 aromatic rings. The number of ketones is 1. The standard InChI is InChI=1S/C16H13FN2O/c17-13-8-4-7-11-12(13)9-14(20)16(18)19-15(11)10-5-2-1-3-6-10/h1-8,16H,9,18H2. The summed E-state index contributed by atoms with van der Waals surface area (Å²) >= 11 is 0. The highest BCUT2D eigenvalue weighted by atomic mass is 19.1. The molecule has 3 rings (SSSR count). The molecule has 3 nitrogen and oxygen atoms in total. The number of benzene rings is 2. The molecule has 1 atom stereocenters. The number of Topliss-reactive ketones (excluding diaryl/α,β-unsaturated/α-hetero) is 1. The van der Waals surface area contributed by atoms with Gasteiger partial charge in [0.05, 0.1) is 5.71 Å². The number of hydrogen-bond donors (Lipinski definition) is 1. The van der Waals surface area contributed by atoms with Crippen LogP contribution >= 0.6 is 0 Å². The molecular weight excluding hydrogens is 255 g/mol. The van der Waals surface area contributed by atoms with Crippen LogP contribution in [0.3, 0.4) is 0 Å². The maximum absolute atomic E-state index is 14.0. The monoisotopic (exact) mass is 268 g/mol. The van der Waals surface area contributed by atoms with Crippen molar-refractivity contribution < 1.29 is 9.18 Å². The lowest BCUT2D eigenvalue weighted by molar-refractivity contribution is -0.119. The van der Waals surface area contributed by atoms with Gasteiger partial charge in [0, 0.05) is 23.1 Å². The average Bonchev–Trinajstić information content (AvgIpc) is 2.59. The summed E-state index contributed by atoms with van der Waals surface area (Å²) in [6, 6.07) is 14.1. The summed E-state index contributed by atoms with van der Waals surface area (Å²) < 4.78 is 14.0. The van der Waals surface area contributed by atoms with Gasteiger partial charge in [-0.15, -0.1) is 0 Å². The molecule has 0 aromatic heterocycles. The molecule has 0 saturated heterocycles. The smallest absolute Gasteiger partial charge is 0.176 e. The zero-order valence-corrected chi connectivity index (χ0v) is 10.7. The Balaban J connectivity index is 2.25. The van der Waals surface area contributed by atoms with E-state index in [4.69, 9.17) is 5.73 Å². The molecule has 0 saturated carbocycles. The van der Waals surface area contributed by atoms with Crippen molar-refractivity contribution in [1.29, 1.82) is 0 Å². The van der Waals surface area contributed by atoms with Crippen molar-refractivity contribution in [3.05, 3.63) is 71.0 Å². The molecule has 2 aromatic carbocycles. The first-order valence-corrected chi connectivity index (χ1v) is 6.36. The number of nitrogens with two attached hydrogens (primary N) is 1. The molecule has 1 aliphatic rings. The van der Waals surface area contributed by atoms with Crippen molar-refractivity contribution in [1.82, 2.24) is 0 Å². The van der Waals surface area contributed by atoms with Crippen LogP contribution < -0.4 is 5.73 Å². The second-order valence-electron chi connectivity index (χ2n) is 4.70. The van der Waals surface area contributed by atoms with Crippen LogP contribution in [0.4, 0.5) is 4.39 Å². The summed E-state index contributed by atoms with van der Waals surface area (Å²) in [6.45, 7) is 0. The lowest BCUT2D eigenvalue weighted by atomic mass is 9.95. The second kappa shape index (κ2) is 4.98. The Morgan fingerprint density at radius 1 is 1.10 bits per heavy atom. The van der Waals surface area contributed by atoms with Crippen LogP contribution in [0.25, 0.3) is 0 Å². The second-order valence-corrected chi connectivity index (χ2v) is 4.70. The van der Waals surface area contributed by atoms with E-state index in [1.807, 2.05) is 30.3 Å². The lowest BCUT2D eigenvalue weighted by Gasteiger charge is -2.10. The van der Waals surface area contributed by atoms with E-state index in [0.29, 0.717) is 16.8 Å². The van der Waals surface area contributed by atoms with Gasteiger partial charge in [0.25, 0.3) is 0 Å². The predicted octanol–water partition coefficient (Wildman–Crippen LogP) is 2.07. The van der Waals surface area contributed by atoms with Gasteiger partial charge < -0.3 is 5.73 Å². The zero-order valence-electron chi connectivity index (χ0n) is 10.7. The van der Waals surface area contributed by atoms with E-state index in [9.17, 15) is 9.18 Å². The van der Waals surface area contributed by atoms with E-state index in [-0.39, 0.29) is 12.2 Å². The maximum Gasteiger partial charge on any atom is 0.176 e. The number of rotatable bonds is 1. The highest BCUT2D eigenvalue weighted by Crippen LogP contribution is 2.22. The summed E-state index contributed by atoms with van der Waals surface area (Å²) in [5, 5.41) is 0. The molecule has 0 amide bonds. The van der Waals surface area contributed by atoms with Gasteiger partial charge in [-0.3, -0.25) is 9.79 Å². The first-order chi connectivity index (χ1) is 9.66. The molecule has 4 heteroatoms. The molecule has 0 spiro atoms. The van der Waals surface area contributed by atoms with E-state index in [0.717, 1.165) is 5.56 Å². The minimum Gasteiger partial charge on any atom is -0.303 e. The van der Waals surface area contributed by atoms with E-state index in [1.54, 1.807) is 12.1 Å². The molecule has 0 radical (unpaired) electrons. The number of aliphatic imine (C=N–C) groups is 1. The average molecular weight is 268 g/mol. The number of nitrogens with zero attached hydrogens (tertiary/aromatic N) is 1. The molecule has 0 aliphatic carbocycles. The van der Waals surface area contributed by atoms with Crippen molar-refractivity contribution >= 4 is 11.5 Å². The first kappa shape index (κ1) is 12.7. The summed E-state index contributed by atoms with van der Waals surface area (Å²) in [7, 11) is 0. The Morgan fingerprint density at radius 2 is 1.85 bits per heavy atom. The molecule has 1 aliphatic heterocycles. The van der Waals surface area contributed by atoms with E-state index >= 15 is 0 Å². The van der Waals surface area contributed by atoms with Crippen LogP contribution in [-0.2, 0) is 11.2 Å². The fraction of sp³-hybridized carbons (Fsp3) is 0.125. The lowest BCUT2D eigenvalue weighted by Crippen LogP contribution is -2.29. The molecular formula is C16H13FN2O. The summed E-state index contributed by atoms with van der Waals surface area (Å²) in [4.78, 5) is 16.2. The van der Waals surface area contributed by atoms with Gasteiger partial charge in [0.2, 0.25) is 0 Å². The SMILES string of the molecule is NC1N=C(c2ccccc2)c2cccc(F)c2CC1=O. The van der Waals surface area contributed by atoms with Crippen molar-refractivity contribution in [3.63, 3.8) is 0 Å². The van der Waals surface area contributed by atoms with Gasteiger partial charge in [-0.1, -0.05) is 42.5 Å². The molecule has 100 valence electrons. The topological polar surface area (TPSA) is 55.4 Å². The van der Waals surface area contributed by atoms with Crippen molar-refractivity contribution in [2.45, 2.75) is 12.6 Å². The molecule has 1 heterocycles. The molecule has 20 heavy (non-hydrogen) atoms. The fourth-order valence-electron chi connectivity index (χ4n) is 2.35. The van der Waals surface area contributed by atoms with Crippen LogP contribution in [0.1, 0.15) is 16.7 Å². The Hall–Kier alpha value is -2.33. The third-order valence-electron chi connectivity index (χ3n) is 3.37. The normalized spacial score (nSPS) is 18.2. The first-order valence-electron chi connectivity index (χ1n) is 6.36. The number of carbonyl (C=O) groups excluding carboxylic acids is 1. The van der Waals surface area contributed by atoms with Crippen LogP contribution in [-0.4, -0.2) is 17.7 Å².